The van der Waals surface area contributed by atoms with Gasteiger partial charge in [0, 0.05) is 19.5 Å². The van der Waals surface area contributed by atoms with Gasteiger partial charge in [-0.25, -0.2) is 8.42 Å². The number of fused-ring (bicyclic) bond motifs is 1. The number of sulfonamides is 1. The second-order valence-electron chi connectivity index (χ2n) is 5.12. The molecule has 2 aliphatic heterocycles. The molecule has 1 unspecified atom stereocenters. The lowest BCUT2D eigenvalue weighted by molar-refractivity contribution is 0.356. The third-order valence-corrected chi connectivity index (χ3v) is 5.74. The summed E-state index contributed by atoms with van der Waals surface area (Å²) in [5.41, 5.74) is 6.60. The van der Waals surface area contributed by atoms with Crippen molar-refractivity contribution in [1.82, 2.24) is 4.31 Å². The summed E-state index contributed by atoms with van der Waals surface area (Å²) in [6.45, 7) is 2.28. The molecule has 1 fully saturated rings. The molecule has 7 heteroatoms. The molecule has 0 saturated carbocycles. The molecule has 112 valence electrons. The molecule has 1 atom stereocenters. The second kappa shape index (κ2) is 5.89. The number of halogens is 1. The Morgan fingerprint density at radius 1 is 1.40 bits per heavy atom. The van der Waals surface area contributed by atoms with Gasteiger partial charge in [-0.2, -0.15) is 4.31 Å². The molecule has 2 aliphatic rings. The summed E-state index contributed by atoms with van der Waals surface area (Å²) in [6.07, 6.45) is 1.63. The minimum Gasteiger partial charge on any atom is -0.493 e. The van der Waals surface area contributed by atoms with Gasteiger partial charge in [0.15, 0.2) is 0 Å². The van der Waals surface area contributed by atoms with Crippen LogP contribution in [0.4, 0.5) is 0 Å². The van der Waals surface area contributed by atoms with Crippen molar-refractivity contribution in [3.8, 4) is 5.75 Å². The van der Waals surface area contributed by atoms with Crippen LogP contribution in [0.1, 0.15) is 12.0 Å². The maximum Gasteiger partial charge on any atom is 0.243 e. The highest BCUT2D eigenvalue weighted by Gasteiger charge is 2.32. The normalized spacial score (nSPS) is 22.1. The minimum atomic E-state index is -3.38. The summed E-state index contributed by atoms with van der Waals surface area (Å²) in [6, 6.07) is 5.13. The predicted molar refractivity (Wildman–Crippen MR) is 78.8 cm³/mol. The average molecular weight is 319 g/mol. The van der Waals surface area contributed by atoms with Crippen LogP contribution in [0.2, 0.25) is 0 Å². The van der Waals surface area contributed by atoms with Gasteiger partial charge in [-0.05, 0) is 42.6 Å². The first kappa shape index (κ1) is 15.6. The van der Waals surface area contributed by atoms with Crippen LogP contribution in [0.15, 0.2) is 23.1 Å². The molecule has 0 radical (unpaired) electrons. The summed E-state index contributed by atoms with van der Waals surface area (Å²) in [7, 11) is -3.38. The molecule has 0 aromatic heterocycles. The molecule has 2 heterocycles. The van der Waals surface area contributed by atoms with Crippen LogP contribution < -0.4 is 10.5 Å². The van der Waals surface area contributed by atoms with Gasteiger partial charge in [0.25, 0.3) is 0 Å². The van der Waals surface area contributed by atoms with Crippen molar-refractivity contribution in [3.63, 3.8) is 0 Å². The van der Waals surface area contributed by atoms with Gasteiger partial charge in [-0.3, -0.25) is 0 Å². The molecule has 1 saturated heterocycles. The Morgan fingerprint density at radius 2 is 2.20 bits per heavy atom. The second-order valence-corrected chi connectivity index (χ2v) is 7.06. The van der Waals surface area contributed by atoms with Crippen molar-refractivity contribution in [2.24, 2.45) is 11.7 Å². The molecule has 1 aromatic rings. The van der Waals surface area contributed by atoms with Crippen LogP contribution in [0.3, 0.4) is 0 Å². The topological polar surface area (TPSA) is 72.6 Å². The van der Waals surface area contributed by atoms with E-state index in [1.54, 1.807) is 22.5 Å². The fourth-order valence-electron chi connectivity index (χ4n) is 2.68. The first-order valence-corrected chi connectivity index (χ1v) is 8.01. The smallest absolute Gasteiger partial charge is 0.243 e. The number of nitrogens with zero attached hydrogens (tertiary/aromatic N) is 1. The molecule has 3 rings (SSSR count). The number of ether oxygens (including phenoxy) is 1. The summed E-state index contributed by atoms with van der Waals surface area (Å²) >= 11 is 0. The van der Waals surface area contributed by atoms with E-state index in [1.807, 2.05) is 0 Å². The van der Waals surface area contributed by atoms with Crippen molar-refractivity contribution in [2.75, 3.05) is 26.2 Å². The van der Waals surface area contributed by atoms with E-state index in [1.165, 1.54) is 0 Å². The molecular weight excluding hydrogens is 300 g/mol. The van der Waals surface area contributed by atoms with Crippen molar-refractivity contribution in [3.05, 3.63) is 23.8 Å². The zero-order chi connectivity index (χ0) is 13.5. The van der Waals surface area contributed by atoms with Crippen LogP contribution in [0, 0.1) is 5.92 Å². The van der Waals surface area contributed by atoms with E-state index in [9.17, 15) is 8.42 Å². The number of nitrogens with two attached hydrogens (primary N) is 1. The molecule has 0 spiro atoms. The third-order valence-electron chi connectivity index (χ3n) is 3.88. The summed E-state index contributed by atoms with van der Waals surface area (Å²) in [5, 5.41) is 0. The minimum absolute atomic E-state index is 0. The number of hydrogen-bond donors (Lipinski definition) is 1. The average Bonchev–Trinajstić information content (AvgIpc) is 3.06. The standard InChI is InChI=1S/C13H18N2O3S.ClH/c14-8-10-3-5-15(9-10)19(16,17)12-1-2-13-11(7-12)4-6-18-13;/h1-2,7,10H,3-6,8-9,14H2;1H. The molecule has 0 bridgehead atoms. The molecule has 0 aliphatic carbocycles. The van der Waals surface area contributed by atoms with Crippen LogP contribution in [0.5, 0.6) is 5.75 Å². The zero-order valence-corrected chi connectivity index (χ0v) is 12.8. The van der Waals surface area contributed by atoms with E-state index in [2.05, 4.69) is 0 Å². The Morgan fingerprint density at radius 3 is 2.90 bits per heavy atom. The van der Waals surface area contributed by atoms with Crippen molar-refractivity contribution in [2.45, 2.75) is 17.7 Å². The highest BCUT2D eigenvalue weighted by atomic mass is 35.5. The van der Waals surface area contributed by atoms with Crippen molar-refractivity contribution < 1.29 is 13.2 Å². The predicted octanol–water partition coefficient (Wildman–Crippen LogP) is 1.01. The molecular formula is C13H19ClN2O3S. The van der Waals surface area contributed by atoms with Gasteiger partial charge in [0.2, 0.25) is 10.0 Å². The highest BCUT2D eigenvalue weighted by Crippen LogP contribution is 2.30. The fourth-order valence-corrected chi connectivity index (χ4v) is 4.26. The van der Waals surface area contributed by atoms with Gasteiger partial charge < -0.3 is 10.5 Å². The third kappa shape index (κ3) is 2.65. The van der Waals surface area contributed by atoms with E-state index in [-0.39, 0.29) is 18.3 Å². The number of rotatable bonds is 3. The maximum atomic E-state index is 12.5. The van der Waals surface area contributed by atoms with E-state index in [4.69, 9.17) is 10.5 Å². The first-order chi connectivity index (χ1) is 9.11. The van der Waals surface area contributed by atoms with Gasteiger partial charge in [-0.1, -0.05) is 0 Å². The quantitative estimate of drug-likeness (QED) is 0.903. The molecule has 1 aromatic carbocycles. The van der Waals surface area contributed by atoms with Crippen LogP contribution in [-0.2, 0) is 16.4 Å². The molecule has 0 amide bonds. The summed E-state index contributed by atoms with van der Waals surface area (Å²) in [5.74, 6) is 1.09. The molecule has 5 nitrogen and oxygen atoms in total. The molecule has 2 N–H and O–H groups in total. The lowest BCUT2D eigenvalue weighted by atomic mass is 10.1. The van der Waals surface area contributed by atoms with Gasteiger partial charge in [-0.15, -0.1) is 12.4 Å². The molecule has 20 heavy (non-hydrogen) atoms. The lowest BCUT2D eigenvalue weighted by Crippen LogP contribution is -2.30. The van der Waals surface area contributed by atoms with E-state index < -0.39 is 10.0 Å². The highest BCUT2D eigenvalue weighted by molar-refractivity contribution is 7.89. The Labute approximate surface area is 125 Å². The van der Waals surface area contributed by atoms with Gasteiger partial charge in [0.1, 0.15) is 5.75 Å². The fraction of sp³-hybridized carbons (Fsp3) is 0.538. The lowest BCUT2D eigenvalue weighted by Gasteiger charge is -2.16. The van der Waals surface area contributed by atoms with Crippen LogP contribution in [0.25, 0.3) is 0 Å². The number of benzene rings is 1. The van der Waals surface area contributed by atoms with Crippen molar-refractivity contribution >= 4 is 22.4 Å². The van der Waals surface area contributed by atoms with Crippen LogP contribution in [-0.4, -0.2) is 39.0 Å². The Balaban J connectivity index is 0.00000147. The van der Waals surface area contributed by atoms with Gasteiger partial charge >= 0.3 is 0 Å². The van der Waals surface area contributed by atoms with E-state index in [0.29, 0.717) is 31.1 Å². The SMILES string of the molecule is Cl.NCC1CCN(S(=O)(=O)c2ccc3c(c2)CCO3)C1. The Hall–Kier alpha value is -0.820. The Bertz CT molecular complexity index is 591. The largest absolute Gasteiger partial charge is 0.493 e. The van der Waals surface area contributed by atoms with E-state index in [0.717, 1.165) is 24.2 Å². The van der Waals surface area contributed by atoms with Crippen LogP contribution >= 0.6 is 12.4 Å². The zero-order valence-electron chi connectivity index (χ0n) is 11.1. The summed E-state index contributed by atoms with van der Waals surface area (Å²) in [4.78, 5) is 0.370. The van der Waals surface area contributed by atoms with Crippen molar-refractivity contribution in [1.29, 1.82) is 0 Å². The Kier molecular flexibility index (Phi) is 4.59. The first-order valence-electron chi connectivity index (χ1n) is 6.57. The number of hydrogen-bond acceptors (Lipinski definition) is 4. The van der Waals surface area contributed by atoms with E-state index >= 15 is 0 Å². The van der Waals surface area contributed by atoms with Gasteiger partial charge in [0.05, 0.1) is 11.5 Å². The summed E-state index contributed by atoms with van der Waals surface area (Å²) < 4.78 is 32.0. The monoisotopic (exact) mass is 318 g/mol. The maximum absolute atomic E-state index is 12.5.